The van der Waals surface area contributed by atoms with Gasteiger partial charge in [0.2, 0.25) is 0 Å². The van der Waals surface area contributed by atoms with Crippen LogP contribution in [0.5, 0.6) is 0 Å². The van der Waals surface area contributed by atoms with E-state index < -0.39 is 30.1 Å². The molecule has 0 radical (unpaired) electrons. The van der Waals surface area contributed by atoms with Crippen LogP contribution in [0.25, 0.3) is 22.6 Å². The van der Waals surface area contributed by atoms with Gasteiger partial charge in [-0.1, -0.05) is 0 Å². The van der Waals surface area contributed by atoms with Gasteiger partial charge in [-0.3, -0.25) is 9.78 Å². The largest absolute Gasteiger partial charge is 0.394 e. The molecule has 2 heterocycles. The number of nitrogens with zero attached hydrogens (tertiary/aromatic N) is 3. The third-order valence-electron chi connectivity index (χ3n) is 5.17. The number of hydrogen-bond donors (Lipinski definition) is 5. The zero-order chi connectivity index (χ0) is 20.7. The summed E-state index contributed by atoms with van der Waals surface area (Å²) in [6.45, 7) is 1.54. The number of aliphatic hydroxyl groups is 3. The number of aliphatic hydroxyl groups excluding tert-OH is 3. The molecule has 0 amide bonds. The standard InChI is InChI=1S/C19H23N5O5/c1-9-6-12-13(7-11(9)20-10-2-3-10)24(5-4-14(26)15(27)8-25)17-16(21-12)18(28)23-19(29)22-17/h6-7,10,14-15,20,25-27H,2-5,8H2,1H3,(H,23,28,29). The molecule has 0 spiro atoms. The van der Waals surface area contributed by atoms with E-state index >= 15 is 0 Å². The van der Waals surface area contributed by atoms with Gasteiger partial charge in [0.15, 0.2) is 11.5 Å². The van der Waals surface area contributed by atoms with Crippen LogP contribution in [0.15, 0.2) is 21.7 Å². The maximum absolute atomic E-state index is 12.3. The molecule has 1 saturated carbocycles. The van der Waals surface area contributed by atoms with Crippen molar-refractivity contribution < 1.29 is 15.3 Å². The van der Waals surface area contributed by atoms with E-state index in [9.17, 15) is 19.8 Å². The van der Waals surface area contributed by atoms with Crippen molar-refractivity contribution in [1.29, 1.82) is 0 Å². The zero-order valence-electron chi connectivity index (χ0n) is 15.9. The third-order valence-corrected chi connectivity index (χ3v) is 5.17. The second-order valence-corrected chi connectivity index (χ2v) is 7.49. The molecular formula is C19H23N5O5. The van der Waals surface area contributed by atoms with E-state index in [0.717, 1.165) is 24.1 Å². The van der Waals surface area contributed by atoms with Gasteiger partial charge in [-0.15, -0.1) is 0 Å². The number of nitrogens with one attached hydrogen (secondary N) is 2. The Morgan fingerprint density at radius 2 is 2.00 bits per heavy atom. The lowest BCUT2D eigenvalue weighted by Crippen LogP contribution is -2.32. The third kappa shape index (κ3) is 3.86. The number of fused-ring (bicyclic) bond motifs is 2. The van der Waals surface area contributed by atoms with Crippen LogP contribution in [-0.2, 0) is 6.54 Å². The summed E-state index contributed by atoms with van der Waals surface area (Å²) >= 11 is 0. The lowest BCUT2D eigenvalue weighted by molar-refractivity contribution is -0.0191. The van der Waals surface area contributed by atoms with Gasteiger partial charge >= 0.3 is 5.69 Å². The molecule has 2 aliphatic heterocycles. The summed E-state index contributed by atoms with van der Waals surface area (Å²) in [5.41, 5.74) is 1.72. The molecule has 1 fully saturated rings. The lowest BCUT2D eigenvalue weighted by Gasteiger charge is -2.21. The van der Waals surface area contributed by atoms with Crippen molar-refractivity contribution >= 4 is 16.7 Å². The van der Waals surface area contributed by atoms with E-state index in [0.29, 0.717) is 17.1 Å². The summed E-state index contributed by atoms with van der Waals surface area (Å²) in [6, 6.07) is 4.20. The topological polar surface area (TPSA) is 153 Å². The zero-order valence-corrected chi connectivity index (χ0v) is 15.9. The molecule has 4 rings (SSSR count). The number of aryl methyl sites for hydroxylation is 2. The normalized spacial score (nSPS) is 16.3. The number of aromatic nitrogens is 4. The molecule has 1 aromatic carbocycles. The fourth-order valence-corrected chi connectivity index (χ4v) is 3.35. The highest BCUT2D eigenvalue weighted by Gasteiger charge is 2.24. The van der Waals surface area contributed by atoms with Crippen LogP contribution in [0.1, 0.15) is 24.8 Å². The van der Waals surface area contributed by atoms with E-state index in [1.165, 1.54) is 0 Å². The van der Waals surface area contributed by atoms with Gasteiger partial charge in [0, 0.05) is 18.3 Å². The molecule has 2 atom stereocenters. The molecule has 0 aromatic heterocycles. The maximum atomic E-state index is 12.3. The molecule has 10 heteroatoms. The predicted octanol–water partition coefficient (Wildman–Crippen LogP) is -0.428. The summed E-state index contributed by atoms with van der Waals surface area (Å²) in [6.07, 6.45) is -0.155. The molecule has 1 aromatic rings. The molecule has 0 bridgehead atoms. The smallest absolute Gasteiger partial charge is 0.349 e. The molecule has 3 aliphatic rings. The number of H-pyrrole nitrogens is 1. The fourth-order valence-electron chi connectivity index (χ4n) is 3.35. The highest BCUT2D eigenvalue weighted by Crippen LogP contribution is 2.31. The van der Waals surface area contributed by atoms with Gasteiger partial charge in [0.25, 0.3) is 5.56 Å². The molecule has 29 heavy (non-hydrogen) atoms. The number of hydrogen-bond acceptors (Lipinski definition) is 8. The minimum Gasteiger partial charge on any atom is -0.394 e. The van der Waals surface area contributed by atoms with Gasteiger partial charge in [-0.2, -0.15) is 4.98 Å². The highest BCUT2D eigenvalue weighted by atomic mass is 16.4. The van der Waals surface area contributed by atoms with Crippen LogP contribution in [0.2, 0.25) is 0 Å². The fraction of sp³-hybridized carbons (Fsp3) is 0.474. The predicted molar refractivity (Wildman–Crippen MR) is 106 cm³/mol. The molecule has 0 saturated heterocycles. The van der Waals surface area contributed by atoms with Crippen LogP contribution in [-0.4, -0.2) is 59.7 Å². The first kappa shape index (κ1) is 19.5. The first-order valence-electron chi connectivity index (χ1n) is 9.56. The number of benzene rings is 1. The second-order valence-electron chi connectivity index (χ2n) is 7.49. The minimum absolute atomic E-state index is 0.0246. The average Bonchev–Trinajstić information content (AvgIpc) is 3.50. The van der Waals surface area contributed by atoms with Gasteiger partial charge in [0.05, 0.1) is 23.7 Å². The first-order chi connectivity index (χ1) is 13.9. The summed E-state index contributed by atoms with van der Waals surface area (Å²) in [5, 5.41) is 32.2. The van der Waals surface area contributed by atoms with E-state index in [4.69, 9.17) is 5.11 Å². The van der Waals surface area contributed by atoms with Crippen LogP contribution >= 0.6 is 0 Å². The van der Waals surface area contributed by atoms with Gasteiger partial charge < -0.3 is 25.2 Å². The monoisotopic (exact) mass is 401 g/mol. The summed E-state index contributed by atoms with van der Waals surface area (Å²) in [4.78, 5) is 34.6. The summed E-state index contributed by atoms with van der Waals surface area (Å²) in [7, 11) is 0. The number of aromatic amines is 1. The Labute approximate surface area is 165 Å². The quantitative estimate of drug-likeness (QED) is 0.334. The molecule has 5 N–H and O–H groups in total. The SMILES string of the molecule is Cc1cc2nc3c(=O)[nH]c(=O)nc-3n(CCC(O)C(O)CO)c2cc1NC1CC1. The molecule has 2 unspecified atom stereocenters. The molecule has 154 valence electrons. The number of rotatable bonds is 7. The van der Waals surface area contributed by atoms with Crippen LogP contribution in [0.3, 0.4) is 0 Å². The van der Waals surface area contributed by atoms with Crippen molar-refractivity contribution in [1.82, 2.24) is 19.5 Å². The van der Waals surface area contributed by atoms with Gasteiger partial charge in [-0.05, 0) is 43.9 Å². The van der Waals surface area contributed by atoms with E-state index in [2.05, 4.69) is 20.3 Å². The molecular weight excluding hydrogens is 378 g/mol. The Kier molecular flexibility index (Phi) is 5.07. The van der Waals surface area contributed by atoms with Crippen molar-refractivity contribution in [3.63, 3.8) is 0 Å². The Morgan fingerprint density at radius 1 is 1.24 bits per heavy atom. The first-order valence-corrected chi connectivity index (χ1v) is 9.56. The van der Waals surface area contributed by atoms with E-state index in [1.807, 2.05) is 19.1 Å². The van der Waals surface area contributed by atoms with Crippen molar-refractivity contribution in [2.75, 3.05) is 11.9 Å². The van der Waals surface area contributed by atoms with Crippen LogP contribution in [0.4, 0.5) is 5.69 Å². The minimum atomic E-state index is -1.28. The average molecular weight is 401 g/mol. The van der Waals surface area contributed by atoms with Crippen LogP contribution < -0.4 is 16.6 Å². The van der Waals surface area contributed by atoms with Crippen LogP contribution in [0, 0.1) is 6.92 Å². The van der Waals surface area contributed by atoms with Gasteiger partial charge in [-0.25, -0.2) is 9.78 Å². The Bertz CT molecular complexity index is 1140. The Balaban J connectivity index is 1.88. The van der Waals surface area contributed by atoms with Crippen molar-refractivity contribution in [3.8, 4) is 11.5 Å². The van der Waals surface area contributed by atoms with E-state index in [-0.39, 0.29) is 24.5 Å². The second kappa shape index (κ2) is 7.54. The van der Waals surface area contributed by atoms with Gasteiger partial charge in [0.1, 0.15) is 6.10 Å². The summed E-state index contributed by atoms with van der Waals surface area (Å²) in [5.74, 6) is 0.109. The number of anilines is 1. The lowest BCUT2D eigenvalue weighted by atomic mass is 10.1. The van der Waals surface area contributed by atoms with Crippen molar-refractivity contribution in [2.45, 2.75) is 51.0 Å². The molecule has 1 aliphatic carbocycles. The van der Waals surface area contributed by atoms with Crippen molar-refractivity contribution in [3.05, 3.63) is 38.5 Å². The van der Waals surface area contributed by atoms with Crippen molar-refractivity contribution in [2.24, 2.45) is 0 Å². The Hall–Kier alpha value is -2.82. The molecule has 10 nitrogen and oxygen atoms in total. The Morgan fingerprint density at radius 3 is 2.69 bits per heavy atom. The maximum Gasteiger partial charge on any atom is 0.349 e. The van der Waals surface area contributed by atoms with E-state index in [1.54, 1.807) is 4.57 Å². The summed E-state index contributed by atoms with van der Waals surface area (Å²) < 4.78 is 1.65. The highest BCUT2D eigenvalue weighted by molar-refractivity contribution is 5.84.